The lowest BCUT2D eigenvalue weighted by atomic mass is 10.1. The van der Waals surface area contributed by atoms with Gasteiger partial charge in [-0.3, -0.25) is 9.59 Å². The van der Waals surface area contributed by atoms with E-state index < -0.39 is 6.04 Å². The molecular formula is C12H16N2O3. The summed E-state index contributed by atoms with van der Waals surface area (Å²) in [4.78, 5) is 22.1. The van der Waals surface area contributed by atoms with Crippen LogP contribution in [0.2, 0.25) is 0 Å². The zero-order valence-electron chi connectivity index (χ0n) is 9.64. The molecule has 1 aromatic carbocycles. The highest BCUT2D eigenvalue weighted by Crippen LogP contribution is 2.10. The van der Waals surface area contributed by atoms with Crippen molar-refractivity contribution < 1.29 is 14.7 Å². The quantitative estimate of drug-likeness (QED) is 0.672. The average molecular weight is 236 g/mol. The monoisotopic (exact) mass is 236 g/mol. The van der Waals surface area contributed by atoms with E-state index in [1.165, 1.54) is 6.92 Å². The number of aliphatic hydroxyl groups is 1. The van der Waals surface area contributed by atoms with Crippen LogP contribution in [0.25, 0.3) is 0 Å². The van der Waals surface area contributed by atoms with Gasteiger partial charge in [-0.15, -0.1) is 0 Å². The second-order valence-corrected chi connectivity index (χ2v) is 3.62. The van der Waals surface area contributed by atoms with Crippen molar-refractivity contribution in [3.63, 3.8) is 0 Å². The van der Waals surface area contributed by atoms with E-state index in [4.69, 9.17) is 0 Å². The molecule has 5 heteroatoms. The van der Waals surface area contributed by atoms with Crippen LogP contribution < -0.4 is 10.6 Å². The molecule has 0 bridgehead atoms. The van der Waals surface area contributed by atoms with Gasteiger partial charge in [-0.25, -0.2) is 0 Å². The summed E-state index contributed by atoms with van der Waals surface area (Å²) in [5.74, 6) is -0.594. The molecule has 1 aromatic rings. The van der Waals surface area contributed by atoms with Gasteiger partial charge < -0.3 is 15.7 Å². The largest absolute Gasteiger partial charge is 0.394 e. The minimum atomic E-state index is -0.447. The van der Waals surface area contributed by atoms with Gasteiger partial charge in [0.2, 0.25) is 11.8 Å². The van der Waals surface area contributed by atoms with Gasteiger partial charge in [0.05, 0.1) is 19.2 Å². The molecule has 0 heterocycles. The van der Waals surface area contributed by atoms with Gasteiger partial charge >= 0.3 is 0 Å². The first-order chi connectivity index (χ1) is 8.13. The standard InChI is InChI=1S/C12H16N2O3/c1-9(16)13-7-12(17)14-11(8-15)10-5-3-2-4-6-10/h2-6,11,15H,7-8H2,1H3,(H,13,16)(H,14,17)/t11-/m0/s1. The topological polar surface area (TPSA) is 78.4 Å². The fourth-order valence-corrected chi connectivity index (χ4v) is 1.37. The number of hydrogen-bond acceptors (Lipinski definition) is 3. The average Bonchev–Trinajstić information content (AvgIpc) is 2.34. The molecule has 2 amide bonds. The Kier molecular flexibility index (Phi) is 5.16. The van der Waals surface area contributed by atoms with E-state index in [2.05, 4.69) is 10.6 Å². The van der Waals surface area contributed by atoms with Gasteiger partial charge in [-0.1, -0.05) is 30.3 Å². The van der Waals surface area contributed by atoms with Crippen molar-refractivity contribution in [1.82, 2.24) is 10.6 Å². The number of carbonyl (C=O) groups excluding carboxylic acids is 2. The number of aliphatic hydroxyl groups excluding tert-OH is 1. The third-order valence-electron chi connectivity index (χ3n) is 2.22. The van der Waals surface area contributed by atoms with Gasteiger partial charge in [0.25, 0.3) is 0 Å². The fraction of sp³-hybridized carbons (Fsp3) is 0.333. The van der Waals surface area contributed by atoms with Crippen molar-refractivity contribution in [2.75, 3.05) is 13.2 Å². The summed E-state index contributed by atoms with van der Waals surface area (Å²) in [6.45, 7) is 1.07. The van der Waals surface area contributed by atoms with Crippen molar-refractivity contribution in [3.8, 4) is 0 Å². The van der Waals surface area contributed by atoms with Gasteiger partial charge in [-0.2, -0.15) is 0 Å². The number of amides is 2. The molecule has 0 aliphatic heterocycles. The highest BCUT2D eigenvalue weighted by Gasteiger charge is 2.12. The molecule has 17 heavy (non-hydrogen) atoms. The molecule has 0 aliphatic rings. The molecule has 0 aromatic heterocycles. The Morgan fingerprint density at radius 2 is 1.94 bits per heavy atom. The summed E-state index contributed by atoms with van der Waals surface area (Å²) in [5.41, 5.74) is 0.825. The molecule has 0 spiro atoms. The summed E-state index contributed by atoms with van der Waals surface area (Å²) in [6, 6.07) is 8.71. The molecule has 0 unspecified atom stereocenters. The highest BCUT2D eigenvalue weighted by molar-refractivity contribution is 5.83. The maximum absolute atomic E-state index is 11.5. The lowest BCUT2D eigenvalue weighted by Crippen LogP contribution is -2.38. The van der Waals surface area contributed by atoms with Gasteiger partial charge in [-0.05, 0) is 5.56 Å². The van der Waals surface area contributed by atoms with Crippen LogP contribution in [0.5, 0.6) is 0 Å². The first kappa shape index (κ1) is 13.2. The lowest BCUT2D eigenvalue weighted by Gasteiger charge is -2.16. The van der Waals surface area contributed by atoms with Crippen LogP contribution in [-0.4, -0.2) is 30.1 Å². The predicted molar refractivity (Wildman–Crippen MR) is 63.1 cm³/mol. The van der Waals surface area contributed by atoms with Gasteiger partial charge in [0.15, 0.2) is 0 Å². The molecule has 1 atom stereocenters. The molecule has 0 saturated carbocycles. The first-order valence-electron chi connectivity index (χ1n) is 5.33. The Morgan fingerprint density at radius 3 is 2.47 bits per heavy atom. The van der Waals surface area contributed by atoms with E-state index in [0.29, 0.717) is 0 Å². The summed E-state index contributed by atoms with van der Waals surface area (Å²) < 4.78 is 0. The maximum atomic E-state index is 11.5. The Hall–Kier alpha value is -1.88. The molecule has 92 valence electrons. The Labute approximate surface area is 99.8 Å². The lowest BCUT2D eigenvalue weighted by molar-refractivity contribution is -0.125. The maximum Gasteiger partial charge on any atom is 0.239 e. The molecule has 5 nitrogen and oxygen atoms in total. The highest BCUT2D eigenvalue weighted by atomic mass is 16.3. The molecule has 0 fully saturated rings. The minimum Gasteiger partial charge on any atom is -0.394 e. The van der Waals surface area contributed by atoms with Crippen molar-refractivity contribution in [1.29, 1.82) is 0 Å². The number of benzene rings is 1. The molecule has 1 rings (SSSR count). The smallest absolute Gasteiger partial charge is 0.239 e. The zero-order chi connectivity index (χ0) is 12.7. The van der Waals surface area contributed by atoms with Crippen LogP contribution >= 0.6 is 0 Å². The third-order valence-corrected chi connectivity index (χ3v) is 2.22. The van der Waals surface area contributed by atoms with Gasteiger partial charge in [0, 0.05) is 6.92 Å². The molecule has 0 saturated heterocycles. The molecule has 0 aliphatic carbocycles. The number of nitrogens with one attached hydrogen (secondary N) is 2. The second kappa shape index (κ2) is 6.65. The normalized spacial score (nSPS) is 11.6. The SMILES string of the molecule is CC(=O)NCC(=O)N[C@@H](CO)c1ccccc1. The molecular weight excluding hydrogens is 220 g/mol. The van der Waals surface area contributed by atoms with Crippen LogP contribution in [0, 0.1) is 0 Å². The van der Waals surface area contributed by atoms with Crippen LogP contribution in [0.4, 0.5) is 0 Å². The minimum absolute atomic E-state index is 0.0847. The molecule has 3 N–H and O–H groups in total. The summed E-state index contributed by atoms with van der Waals surface area (Å²) in [5, 5.41) is 14.2. The number of hydrogen-bond donors (Lipinski definition) is 3. The van der Waals surface area contributed by atoms with E-state index in [-0.39, 0.29) is 25.0 Å². The van der Waals surface area contributed by atoms with Crippen molar-refractivity contribution in [2.24, 2.45) is 0 Å². The van der Waals surface area contributed by atoms with E-state index in [0.717, 1.165) is 5.56 Å². The zero-order valence-corrected chi connectivity index (χ0v) is 9.64. The summed E-state index contributed by atoms with van der Waals surface area (Å²) in [6.07, 6.45) is 0. The Morgan fingerprint density at radius 1 is 1.29 bits per heavy atom. The number of rotatable bonds is 5. The van der Waals surface area contributed by atoms with Crippen LogP contribution in [0.1, 0.15) is 18.5 Å². The van der Waals surface area contributed by atoms with E-state index in [9.17, 15) is 14.7 Å². The first-order valence-corrected chi connectivity index (χ1v) is 5.33. The summed E-state index contributed by atoms with van der Waals surface area (Å²) in [7, 11) is 0. The van der Waals surface area contributed by atoms with Crippen LogP contribution in [-0.2, 0) is 9.59 Å². The molecule has 0 radical (unpaired) electrons. The number of carbonyl (C=O) groups is 2. The third kappa shape index (κ3) is 4.65. The Bertz CT molecular complexity index is 379. The Balaban J connectivity index is 2.53. The predicted octanol–water partition coefficient (Wildman–Crippen LogP) is -0.0277. The van der Waals surface area contributed by atoms with E-state index >= 15 is 0 Å². The van der Waals surface area contributed by atoms with Crippen molar-refractivity contribution in [2.45, 2.75) is 13.0 Å². The summed E-state index contributed by atoms with van der Waals surface area (Å²) >= 11 is 0. The van der Waals surface area contributed by atoms with Crippen molar-refractivity contribution in [3.05, 3.63) is 35.9 Å². The van der Waals surface area contributed by atoms with E-state index in [1.807, 2.05) is 30.3 Å². The fourth-order valence-electron chi connectivity index (χ4n) is 1.37. The van der Waals surface area contributed by atoms with E-state index in [1.54, 1.807) is 0 Å². The van der Waals surface area contributed by atoms with Gasteiger partial charge in [0.1, 0.15) is 0 Å². The van der Waals surface area contributed by atoms with Crippen LogP contribution in [0.15, 0.2) is 30.3 Å². The van der Waals surface area contributed by atoms with Crippen molar-refractivity contribution >= 4 is 11.8 Å². The van der Waals surface area contributed by atoms with Crippen LogP contribution in [0.3, 0.4) is 0 Å². The second-order valence-electron chi connectivity index (χ2n) is 3.62.